The van der Waals surface area contributed by atoms with E-state index in [9.17, 15) is 4.79 Å². The largest absolute Gasteiger partial charge is 0.444 e. The standard InChI is InChI=1S/C17H14BrNO2S/c1-12-4-6-13(7-5-12)19(11-14-3-2-10-22-14)17(20)15-8-9-16(18)21-15/h2-10H,11H2,1H3. The summed E-state index contributed by atoms with van der Waals surface area (Å²) in [7, 11) is 0. The molecule has 0 bridgehead atoms. The first-order chi connectivity index (χ1) is 10.6. The van der Waals surface area contributed by atoms with Crippen LogP contribution in [0.15, 0.2) is 63.0 Å². The summed E-state index contributed by atoms with van der Waals surface area (Å²) in [4.78, 5) is 15.6. The van der Waals surface area contributed by atoms with Crippen LogP contribution < -0.4 is 4.90 Å². The highest BCUT2D eigenvalue weighted by molar-refractivity contribution is 9.10. The van der Waals surface area contributed by atoms with E-state index in [4.69, 9.17) is 4.42 Å². The highest BCUT2D eigenvalue weighted by Gasteiger charge is 2.21. The fourth-order valence-electron chi connectivity index (χ4n) is 2.13. The van der Waals surface area contributed by atoms with E-state index in [1.54, 1.807) is 28.4 Å². The van der Waals surface area contributed by atoms with E-state index in [2.05, 4.69) is 15.9 Å². The second kappa shape index (κ2) is 6.50. The van der Waals surface area contributed by atoms with E-state index >= 15 is 0 Å². The molecule has 22 heavy (non-hydrogen) atoms. The molecule has 0 aliphatic heterocycles. The second-order valence-electron chi connectivity index (χ2n) is 4.91. The summed E-state index contributed by atoms with van der Waals surface area (Å²) in [6.07, 6.45) is 0. The summed E-state index contributed by atoms with van der Waals surface area (Å²) in [5, 5.41) is 2.01. The van der Waals surface area contributed by atoms with Gasteiger partial charge in [0.2, 0.25) is 0 Å². The Labute approximate surface area is 141 Å². The summed E-state index contributed by atoms with van der Waals surface area (Å²) in [5.41, 5.74) is 2.02. The molecule has 0 aliphatic rings. The minimum Gasteiger partial charge on any atom is -0.444 e. The summed E-state index contributed by atoms with van der Waals surface area (Å²) in [6.45, 7) is 2.55. The number of halogens is 1. The molecule has 3 nitrogen and oxygen atoms in total. The van der Waals surface area contributed by atoms with Gasteiger partial charge in [-0.1, -0.05) is 23.8 Å². The zero-order chi connectivity index (χ0) is 15.5. The number of hydrogen-bond acceptors (Lipinski definition) is 3. The van der Waals surface area contributed by atoms with Crippen molar-refractivity contribution in [3.05, 3.63) is 74.8 Å². The Hall–Kier alpha value is -1.85. The number of anilines is 1. The number of benzene rings is 1. The lowest BCUT2D eigenvalue weighted by Gasteiger charge is -2.21. The second-order valence-corrected chi connectivity index (χ2v) is 6.72. The number of thiophene rings is 1. The predicted octanol–water partition coefficient (Wildman–Crippen LogP) is 5.26. The van der Waals surface area contributed by atoms with Crippen LogP contribution >= 0.6 is 27.3 Å². The Morgan fingerprint density at radius 1 is 1.18 bits per heavy atom. The predicted molar refractivity (Wildman–Crippen MR) is 92.4 cm³/mol. The monoisotopic (exact) mass is 375 g/mol. The third-order valence-electron chi connectivity index (χ3n) is 3.27. The van der Waals surface area contributed by atoms with Crippen molar-refractivity contribution in [1.29, 1.82) is 0 Å². The number of rotatable bonds is 4. The molecular formula is C17H14BrNO2S. The van der Waals surface area contributed by atoms with Gasteiger partial charge in [-0.15, -0.1) is 11.3 Å². The van der Waals surface area contributed by atoms with Crippen LogP contribution in [0.5, 0.6) is 0 Å². The molecule has 0 fully saturated rings. The maximum Gasteiger partial charge on any atom is 0.294 e. The van der Waals surface area contributed by atoms with Crippen molar-refractivity contribution in [1.82, 2.24) is 0 Å². The van der Waals surface area contributed by atoms with Crippen LogP contribution in [0.25, 0.3) is 0 Å². The lowest BCUT2D eigenvalue weighted by Crippen LogP contribution is -2.29. The van der Waals surface area contributed by atoms with Crippen molar-refractivity contribution >= 4 is 38.9 Å². The normalized spacial score (nSPS) is 10.6. The fourth-order valence-corrected chi connectivity index (χ4v) is 3.12. The van der Waals surface area contributed by atoms with E-state index in [-0.39, 0.29) is 5.91 Å². The van der Waals surface area contributed by atoms with E-state index in [1.165, 1.54) is 0 Å². The van der Waals surface area contributed by atoms with Crippen molar-refractivity contribution in [2.24, 2.45) is 0 Å². The highest BCUT2D eigenvalue weighted by atomic mass is 79.9. The number of carbonyl (C=O) groups excluding carboxylic acids is 1. The van der Waals surface area contributed by atoms with E-state index in [0.717, 1.165) is 16.1 Å². The Morgan fingerprint density at radius 2 is 1.95 bits per heavy atom. The average Bonchev–Trinajstić information content (AvgIpc) is 3.17. The first-order valence-electron chi connectivity index (χ1n) is 6.80. The molecule has 0 atom stereocenters. The molecule has 1 aromatic carbocycles. The molecule has 1 amide bonds. The van der Waals surface area contributed by atoms with Gasteiger partial charge < -0.3 is 9.32 Å². The van der Waals surface area contributed by atoms with Gasteiger partial charge in [0.25, 0.3) is 5.91 Å². The van der Waals surface area contributed by atoms with Gasteiger partial charge in [0.1, 0.15) is 0 Å². The van der Waals surface area contributed by atoms with Gasteiger partial charge in [0, 0.05) is 10.6 Å². The van der Waals surface area contributed by atoms with Gasteiger partial charge in [0.15, 0.2) is 10.4 Å². The zero-order valence-corrected chi connectivity index (χ0v) is 14.4. The summed E-state index contributed by atoms with van der Waals surface area (Å²) >= 11 is 4.87. The van der Waals surface area contributed by atoms with Crippen molar-refractivity contribution < 1.29 is 9.21 Å². The van der Waals surface area contributed by atoms with Gasteiger partial charge in [-0.2, -0.15) is 0 Å². The molecule has 0 spiro atoms. The Balaban J connectivity index is 1.94. The summed E-state index contributed by atoms with van der Waals surface area (Å²) in [6, 6.07) is 15.3. The van der Waals surface area contributed by atoms with Crippen LogP contribution in [0.3, 0.4) is 0 Å². The third kappa shape index (κ3) is 3.31. The number of nitrogens with zero attached hydrogens (tertiary/aromatic N) is 1. The lowest BCUT2D eigenvalue weighted by molar-refractivity contribution is 0.0957. The minimum absolute atomic E-state index is 0.150. The molecule has 0 saturated heterocycles. The molecule has 0 unspecified atom stereocenters. The molecule has 2 heterocycles. The first kappa shape index (κ1) is 15.1. The van der Waals surface area contributed by atoms with Gasteiger partial charge in [-0.05, 0) is 58.6 Å². The SMILES string of the molecule is Cc1ccc(N(Cc2cccs2)C(=O)c2ccc(Br)o2)cc1. The fraction of sp³-hybridized carbons (Fsp3) is 0.118. The number of amides is 1. The number of furan rings is 1. The van der Waals surface area contributed by atoms with Crippen LogP contribution in [0, 0.1) is 6.92 Å². The van der Waals surface area contributed by atoms with Crippen molar-refractivity contribution in [2.45, 2.75) is 13.5 Å². The lowest BCUT2D eigenvalue weighted by atomic mass is 10.2. The molecule has 3 aromatic rings. The number of hydrogen-bond donors (Lipinski definition) is 0. The van der Waals surface area contributed by atoms with Crippen LogP contribution in [-0.4, -0.2) is 5.91 Å². The smallest absolute Gasteiger partial charge is 0.294 e. The quantitative estimate of drug-likeness (QED) is 0.622. The molecule has 2 aromatic heterocycles. The molecular weight excluding hydrogens is 362 g/mol. The van der Waals surface area contributed by atoms with Crippen molar-refractivity contribution in [3.63, 3.8) is 0 Å². The maximum absolute atomic E-state index is 12.8. The Bertz CT molecular complexity index is 762. The molecule has 112 valence electrons. The third-order valence-corrected chi connectivity index (χ3v) is 4.56. The topological polar surface area (TPSA) is 33.5 Å². The molecule has 0 aliphatic carbocycles. The van der Waals surface area contributed by atoms with Crippen LogP contribution in [0.4, 0.5) is 5.69 Å². The molecule has 0 saturated carbocycles. The van der Waals surface area contributed by atoms with E-state index < -0.39 is 0 Å². The van der Waals surface area contributed by atoms with Crippen molar-refractivity contribution in [2.75, 3.05) is 4.90 Å². The minimum atomic E-state index is -0.150. The zero-order valence-electron chi connectivity index (χ0n) is 12.0. The molecule has 3 rings (SSSR count). The van der Waals surface area contributed by atoms with Crippen LogP contribution in [-0.2, 0) is 6.54 Å². The van der Waals surface area contributed by atoms with Gasteiger partial charge >= 0.3 is 0 Å². The maximum atomic E-state index is 12.8. The van der Waals surface area contributed by atoms with Gasteiger partial charge in [-0.25, -0.2) is 0 Å². The molecule has 5 heteroatoms. The summed E-state index contributed by atoms with van der Waals surface area (Å²) in [5.74, 6) is 0.173. The van der Waals surface area contributed by atoms with E-state index in [0.29, 0.717) is 17.0 Å². The van der Waals surface area contributed by atoms with Crippen LogP contribution in [0.2, 0.25) is 0 Å². The Morgan fingerprint density at radius 3 is 2.55 bits per heavy atom. The molecule has 0 radical (unpaired) electrons. The highest BCUT2D eigenvalue weighted by Crippen LogP contribution is 2.24. The average molecular weight is 376 g/mol. The Kier molecular flexibility index (Phi) is 4.45. The first-order valence-corrected chi connectivity index (χ1v) is 8.47. The summed E-state index contributed by atoms with van der Waals surface area (Å²) < 4.78 is 5.97. The number of carbonyl (C=O) groups is 1. The van der Waals surface area contributed by atoms with Gasteiger partial charge in [0.05, 0.1) is 6.54 Å². The van der Waals surface area contributed by atoms with Crippen molar-refractivity contribution in [3.8, 4) is 0 Å². The van der Waals surface area contributed by atoms with Gasteiger partial charge in [-0.3, -0.25) is 4.79 Å². The molecule has 0 N–H and O–H groups in total. The number of aryl methyl sites for hydroxylation is 1. The van der Waals surface area contributed by atoms with E-state index in [1.807, 2.05) is 48.7 Å². The van der Waals surface area contributed by atoms with Crippen LogP contribution in [0.1, 0.15) is 21.0 Å².